The molecule has 0 aliphatic carbocycles. The highest BCUT2D eigenvalue weighted by Gasteiger charge is 2.32. The van der Waals surface area contributed by atoms with E-state index in [1.807, 2.05) is 23.4 Å². The fourth-order valence-electron chi connectivity index (χ4n) is 3.48. The van der Waals surface area contributed by atoms with Gasteiger partial charge in [0.1, 0.15) is 11.6 Å². The second kappa shape index (κ2) is 8.40. The van der Waals surface area contributed by atoms with Crippen LogP contribution in [0.15, 0.2) is 4.99 Å². The van der Waals surface area contributed by atoms with Crippen LogP contribution in [0.5, 0.6) is 0 Å². The molecule has 140 valence electrons. The molecular formula is C17H30N6OS. The minimum absolute atomic E-state index is 0.174. The Bertz CT molecular complexity index is 596. The second-order valence-corrected chi connectivity index (χ2v) is 8.05. The van der Waals surface area contributed by atoms with Crippen molar-refractivity contribution < 1.29 is 4.74 Å². The summed E-state index contributed by atoms with van der Waals surface area (Å²) < 4.78 is 7.76. The van der Waals surface area contributed by atoms with E-state index in [2.05, 4.69) is 33.9 Å². The van der Waals surface area contributed by atoms with Crippen LogP contribution in [0.25, 0.3) is 0 Å². The van der Waals surface area contributed by atoms with E-state index in [4.69, 9.17) is 9.73 Å². The Balaban J connectivity index is 1.71. The number of nitrogens with zero attached hydrogens (tertiary/aromatic N) is 4. The summed E-state index contributed by atoms with van der Waals surface area (Å²) in [6.45, 7) is 8.35. The highest BCUT2D eigenvalue weighted by molar-refractivity contribution is 8.00. The first kappa shape index (κ1) is 18.5. The van der Waals surface area contributed by atoms with Crippen molar-refractivity contribution in [3.05, 3.63) is 11.6 Å². The Labute approximate surface area is 154 Å². The van der Waals surface area contributed by atoms with Gasteiger partial charge in [-0.1, -0.05) is 0 Å². The van der Waals surface area contributed by atoms with E-state index in [0.717, 1.165) is 76.1 Å². The molecule has 0 saturated carbocycles. The van der Waals surface area contributed by atoms with Gasteiger partial charge in [0.25, 0.3) is 0 Å². The molecule has 1 aromatic heterocycles. The van der Waals surface area contributed by atoms with Crippen LogP contribution in [0.3, 0.4) is 0 Å². The third-order valence-electron chi connectivity index (χ3n) is 5.00. The molecule has 1 saturated heterocycles. The standard InChI is InChI=1S/C17H30N6OS/c1-4-18-16(19-12-17(25-3)7-10-24-11-8-17)21-14-6-5-9-23-15(14)20-13(2)22-23/h14H,4-12H2,1-3H3,(H2,18,19,21). The van der Waals surface area contributed by atoms with E-state index in [-0.39, 0.29) is 10.8 Å². The first-order valence-corrected chi connectivity index (χ1v) is 10.5. The Morgan fingerprint density at radius 3 is 2.96 bits per heavy atom. The van der Waals surface area contributed by atoms with Gasteiger partial charge in [-0.2, -0.15) is 16.9 Å². The molecule has 2 aliphatic rings. The largest absolute Gasteiger partial charge is 0.381 e. The molecule has 8 heteroatoms. The molecule has 2 N–H and O–H groups in total. The lowest BCUT2D eigenvalue weighted by molar-refractivity contribution is 0.0794. The molecule has 1 aromatic rings. The van der Waals surface area contributed by atoms with E-state index < -0.39 is 0 Å². The van der Waals surface area contributed by atoms with Crippen molar-refractivity contribution in [2.24, 2.45) is 4.99 Å². The lowest BCUT2D eigenvalue weighted by atomic mass is 9.99. The van der Waals surface area contributed by atoms with E-state index in [0.29, 0.717) is 0 Å². The minimum atomic E-state index is 0.174. The number of ether oxygens (including phenoxy) is 1. The van der Waals surface area contributed by atoms with Gasteiger partial charge in [0.2, 0.25) is 0 Å². The Morgan fingerprint density at radius 1 is 1.44 bits per heavy atom. The van der Waals surface area contributed by atoms with Crippen molar-refractivity contribution in [2.75, 3.05) is 32.6 Å². The third-order valence-corrected chi connectivity index (χ3v) is 6.40. The lowest BCUT2D eigenvalue weighted by Gasteiger charge is -2.34. The average Bonchev–Trinajstić information content (AvgIpc) is 3.02. The summed E-state index contributed by atoms with van der Waals surface area (Å²) in [5.41, 5.74) is 0. The summed E-state index contributed by atoms with van der Waals surface area (Å²) in [5.74, 6) is 2.75. The average molecular weight is 367 g/mol. The normalized spacial score (nSPS) is 23.2. The lowest BCUT2D eigenvalue weighted by Crippen LogP contribution is -2.43. The monoisotopic (exact) mass is 366 g/mol. The van der Waals surface area contributed by atoms with Crippen LogP contribution in [0.4, 0.5) is 0 Å². The van der Waals surface area contributed by atoms with Crippen LogP contribution in [0, 0.1) is 6.92 Å². The number of rotatable bonds is 5. The van der Waals surface area contributed by atoms with Crippen molar-refractivity contribution >= 4 is 17.7 Å². The number of nitrogens with one attached hydrogen (secondary N) is 2. The Kier molecular flexibility index (Phi) is 6.22. The van der Waals surface area contributed by atoms with E-state index in [9.17, 15) is 0 Å². The SMILES string of the molecule is CCNC(=NCC1(SC)CCOCC1)NC1CCCn2nc(C)nc21. The molecule has 25 heavy (non-hydrogen) atoms. The van der Waals surface area contributed by atoms with Gasteiger partial charge in [-0.25, -0.2) is 9.67 Å². The molecule has 0 amide bonds. The van der Waals surface area contributed by atoms with Crippen LogP contribution in [-0.2, 0) is 11.3 Å². The first-order valence-electron chi connectivity index (χ1n) is 9.25. The molecule has 0 radical (unpaired) electrons. The molecule has 7 nitrogen and oxygen atoms in total. The molecule has 0 aromatic carbocycles. The van der Waals surface area contributed by atoms with Crippen molar-refractivity contribution in [1.29, 1.82) is 0 Å². The smallest absolute Gasteiger partial charge is 0.191 e. The van der Waals surface area contributed by atoms with E-state index in [1.54, 1.807) is 0 Å². The molecule has 1 fully saturated rings. The van der Waals surface area contributed by atoms with Crippen LogP contribution < -0.4 is 10.6 Å². The molecule has 1 atom stereocenters. The van der Waals surface area contributed by atoms with Gasteiger partial charge < -0.3 is 15.4 Å². The number of thioether (sulfide) groups is 1. The van der Waals surface area contributed by atoms with E-state index >= 15 is 0 Å². The van der Waals surface area contributed by atoms with Crippen LogP contribution in [0.1, 0.15) is 50.3 Å². The zero-order valence-electron chi connectivity index (χ0n) is 15.5. The number of hydrogen-bond donors (Lipinski definition) is 2. The van der Waals surface area contributed by atoms with Crippen LogP contribution in [0.2, 0.25) is 0 Å². The number of hydrogen-bond acceptors (Lipinski definition) is 5. The molecule has 3 rings (SSSR count). The molecular weight excluding hydrogens is 336 g/mol. The van der Waals surface area contributed by atoms with Gasteiger partial charge in [-0.3, -0.25) is 4.99 Å². The van der Waals surface area contributed by atoms with Crippen molar-refractivity contribution in [3.8, 4) is 0 Å². The molecule has 1 unspecified atom stereocenters. The highest BCUT2D eigenvalue weighted by atomic mass is 32.2. The fraction of sp³-hybridized carbons (Fsp3) is 0.824. The minimum Gasteiger partial charge on any atom is -0.381 e. The maximum atomic E-state index is 5.53. The first-order chi connectivity index (χ1) is 12.2. The summed E-state index contributed by atoms with van der Waals surface area (Å²) in [6, 6.07) is 0.174. The number of aromatic nitrogens is 3. The van der Waals surface area contributed by atoms with Crippen molar-refractivity contribution in [2.45, 2.75) is 56.9 Å². The van der Waals surface area contributed by atoms with Crippen LogP contribution in [-0.4, -0.2) is 58.0 Å². The number of fused-ring (bicyclic) bond motifs is 1. The van der Waals surface area contributed by atoms with Gasteiger partial charge in [0.15, 0.2) is 5.96 Å². The zero-order valence-corrected chi connectivity index (χ0v) is 16.4. The van der Waals surface area contributed by atoms with Gasteiger partial charge in [0, 0.05) is 31.1 Å². The fourth-order valence-corrected chi connectivity index (χ4v) is 4.25. The van der Waals surface area contributed by atoms with E-state index in [1.165, 1.54) is 0 Å². The Morgan fingerprint density at radius 2 is 2.24 bits per heavy atom. The summed E-state index contributed by atoms with van der Waals surface area (Å²) in [7, 11) is 0. The van der Waals surface area contributed by atoms with Crippen LogP contribution >= 0.6 is 11.8 Å². The highest BCUT2D eigenvalue weighted by Crippen LogP contribution is 2.34. The number of guanidine groups is 1. The Hall–Kier alpha value is -1.28. The number of aryl methyl sites for hydroxylation is 2. The van der Waals surface area contributed by atoms with Gasteiger partial charge in [-0.15, -0.1) is 0 Å². The van der Waals surface area contributed by atoms with Crippen molar-refractivity contribution in [1.82, 2.24) is 25.4 Å². The summed E-state index contributed by atoms with van der Waals surface area (Å²) in [4.78, 5) is 9.53. The maximum Gasteiger partial charge on any atom is 0.191 e. The zero-order chi connectivity index (χ0) is 17.7. The third kappa shape index (κ3) is 4.47. The molecule has 3 heterocycles. The summed E-state index contributed by atoms with van der Waals surface area (Å²) >= 11 is 1.92. The summed E-state index contributed by atoms with van der Waals surface area (Å²) in [6.07, 6.45) is 6.48. The van der Waals surface area contributed by atoms with Gasteiger partial charge in [-0.05, 0) is 45.8 Å². The quantitative estimate of drug-likeness (QED) is 0.612. The second-order valence-electron chi connectivity index (χ2n) is 6.77. The molecule has 0 bridgehead atoms. The molecule has 2 aliphatic heterocycles. The van der Waals surface area contributed by atoms with Gasteiger partial charge >= 0.3 is 0 Å². The topological polar surface area (TPSA) is 76.4 Å². The maximum absolute atomic E-state index is 5.53. The predicted molar refractivity (Wildman–Crippen MR) is 102 cm³/mol. The number of aliphatic imine (C=N–C) groups is 1. The molecule has 0 spiro atoms. The predicted octanol–water partition coefficient (Wildman–Crippen LogP) is 1.89. The van der Waals surface area contributed by atoms with Gasteiger partial charge in [0.05, 0.1) is 12.6 Å². The van der Waals surface area contributed by atoms with Crippen molar-refractivity contribution in [3.63, 3.8) is 0 Å². The summed E-state index contributed by atoms with van der Waals surface area (Å²) in [5, 5.41) is 11.5.